The van der Waals surface area contributed by atoms with Crippen LogP contribution in [0, 0.1) is 11.7 Å². The van der Waals surface area contributed by atoms with Gasteiger partial charge in [0, 0.05) is 31.7 Å². The first-order valence-electron chi connectivity index (χ1n) is 14.2. The lowest BCUT2D eigenvalue weighted by Crippen LogP contribution is -2.51. The highest BCUT2D eigenvalue weighted by Gasteiger charge is 2.35. The average molecular weight is 591 g/mol. The van der Waals surface area contributed by atoms with Crippen LogP contribution in [0.2, 0.25) is 0 Å². The second kappa shape index (κ2) is 15.6. The fraction of sp³-hybridized carbons (Fsp3) is 0.469. The van der Waals surface area contributed by atoms with Crippen molar-refractivity contribution in [1.29, 1.82) is 0 Å². The number of hydrogen-bond acceptors (Lipinski definition) is 4. The van der Waals surface area contributed by atoms with Gasteiger partial charge in [0.2, 0.25) is 5.91 Å². The minimum atomic E-state index is -0.252. The standard InChI is InChI=1S/C32H40FN3O2.2ClH/c1-38-30-14-11-24-6-2-3-7-28(24)29(30)8-4-5-19-35-20-22-36(23-21-35)32(37)31(26-15-17-34-18-16-26)25-9-12-27(33)13-10-25;;/h2-3,6-7,9-14,26,31,34H,4-5,8,15-23H2,1H3;2*1H. The zero-order chi connectivity index (χ0) is 26.3. The van der Waals surface area contributed by atoms with Gasteiger partial charge in [-0.1, -0.05) is 42.5 Å². The Bertz CT molecular complexity index is 1210. The van der Waals surface area contributed by atoms with Crippen LogP contribution in [0.4, 0.5) is 4.39 Å². The Labute approximate surface area is 250 Å². The van der Waals surface area contributed by atoms with E-state index in [9.17, 15) is 9.18 Å². The molecule has 0 saturated carbocycles. The SMILES string of the molecule is COc1ccc2ccccc2c1CCCCN1CCN(C(=O)C(c2ccc(F)cc2)C2CCNCC2)CC1.Cl.Cl. The van der Waals surface area contributed by atoms with Crippen LogP contribution >= 0.6 is 24.8 Å². The summed E-state index contributed by atoms with van der Waals surface area (Å²) in [4.78, 5) is 18.3. The highest BCUT2D eigenvalue weighted by Crippen LogP contribution is 2.34. The highest BCUT2D eigenvalue weighted by molar-refractivity contribution is 5.88. The molecule has 0 spiro atoms. The number of ether oxygens (including phenoxy) is 1. The molecular formula is C32H42Cl2FN3O2. The van der Waals surface area contributed by atoms with Crippen LogP contribution in [0.3, 0.4) is 0 Å². The third-order valence-electron chi connectivity index (χ3n) is 8.40. The smallest absolute Gasteiger partial charge is 0.230 e. The van der Waals surface area contributed by atoms with E-state index in [1.165, 1.54) is 28.5 Å². The number of hydrogen-bond donors (Lipinski definition) is 1. The van der Waals surface area contributed by atoms with E-state index < -0.39 is 0 Å². The molecule has 2 heterocycles. The van der Waals surface area contributed by atoms with E-state index in [0.717, 1.165) is 89.2 Å². The largest absolute Gasteiger partial charge is 0.496 e. The van der Waals surface area contributed by atoms with Crippen LogP contribution in [0.5, 0.6) is 5.75 Å². The van der Waals surface area contributed by atoms with E-state index in [1.54, 1.807) is 19.2 Å². The highest BCUT2D eigenvalue weighted by atomic mass is 35.5. The maximum Gasteiger partial charge on any atom is 0.230 e. The molecule has 218 valence electrons. The molecule has 40 heavy (non-hydrogen) atoms. The van der Waals surface area contributed by atoms with Gasteiger partial charge in [0.1, 0.15) is 11.6 Å². The quantitative estimate of drug-likeness (QED) is 0.307. The molecule has 2 saturated heterocycles. The second-order valence-corrected chi connectivity index (χ2v) is 10.7. The number of rotatable bonds is 9. The second-order valence-electron chi connectivity index (χ2n) is 10.7. The molecule has 5 nitrogen and oxygen atoms in total. The number of nitrogens with one attached hydrogen (secondary N) is 1. The monoisotopic (exact) mass is 589 g/mol. The predicted molar refractivity (Wildman–Crippen MR) is 166 cm³/mol. The number of fused-ring (bicyclic) bond motifs is 1. The third-order valence-corrected chi connectivity index (χ3v) is 8.40. The zero-order valence-corrected chi connectivity index (χ0v) is 25.0. The Morgan fingerprint density at radius 2 is 1.65 bits per heavy atom. The molecule has 2 aliphatic heterocycles. The molecule has 2 fully saturated rings. The first-order valence-corrected chi connectivity index (χ1v) is 14.2. The zero-order valence-electron chi connectivity index (χ0n) is 23.3. The number of amides is 1. The van der Waals surface area contributed by atoms with E-state index >= 15 is 0 Å². The van der Waals surface area contributed by atoms with Crippen molar-refractivity contribution < 1.29 is 13.9 Å². The van der Waals surface area contributed by atoms with Gasteiger partial charge >= 0.3 is 0 Å². The van der Waals surface area contributed by atoms with Crippen molar-refractivity contribution >= 4 is 41.5 Å². The van der Waals surface area contributed by atoms with Gasteiger partial charge in [0.25, 0.3) is 0 Å². The predicted octanol–water partition coefficient (Wildman–Crippen LogP) is 6.08. The number of benzene rings is 3. The summed E-state index contributed by atoms with van der Waals surface area (Å²) in [5.74, 6) is 1.06. The lowest BCUT2D eigenvalue weighted by molar-refractivity contribution is -0.136. The average Bonchev–Trinajstić information content (AvgIpc) is 2.97. The Hall–Kier alpha value is -2.38. The molecule has 8 heteroatoms. The van der Waals surface area contributed by atoms with E-state index in [0.29, 0.717) is 5.92 Å². The first kappa shape index (κ1) is 32.1. The van der Waals surface area contributed by atoms with Gasteiger partial charge in [-0.05, 0) is 92.2 Å². The van der Waals surface area contributed by atoms with Gasteiger partial charge in [-0.25, -0.2) is 4.39 Å². The Morgan fingerprint density at radius 3 is 2.35 bits per heavy atom. The van der Waals surface area contributed by atoms with Crippen LogP contribution in [0.25, 0.3) is 10.8 Å². The summed E-state index contributed by atoms with van der Waals surface area (Å²) in [5.41, 5.74) is 2.25. The summed E-state index contributed by atoms with van der Waals surface area (Å²) < 4.78 is 19.3. The molecule has 0 aromatic heterocycles. The molecule has 3 aromatic rings. The number of carbonyl (C=O) groups excluding carboxylic acids is 1. The summed E-state index contributed by atoms with van der Waals surface area (Å²) in [7, 11) is 1.75. The molecule has 5 rings (SSSR count). The maximum absolute atomic E-state index is 13.8. The van der Waals surface area contributed by atoms with Gasteiger partial charge < -0.3 is 15.0 Å². The van der Waals surface area contributed by atoms with Crippen molar-refractivity contribution in [2.45, 2.75) is 38.0 Å². The lowest BCUT2D eigenvalue weighted by atomic mass is 9.79. The number of unbranched alkanes of at least 4 members (excludes halogenated alkanes) is 1. The van der Waals surface area contributed by atoms with Crippen molar-refractivity contribution in [3.05, 3.63) is 77.6 Å². The molecule has 1 atom stereocenters. The van der Waals surface area contributed by atoms with Crippen LogP contribution in [-0.2, 0) is 11.2 Å². The summed E-state index contributed by atoms with van der Waals surface area (Å²) in [6.45, 7) is 6.27. The molecular weight excluding hydrogens is 548 g/mol. The molecule has 1 unspecified atom stereocenters. The number of piperidine rings is 1. The van der Waals surface area contributed by atoms with Crippen molar-refractivity contribution in [2.24, 2.45) is 5.92 Å². The molecule has 0 aliphatic carbocycles. The van der Waals surface area contributed by atoms with E-state index in [-0.39, 0.29) is 42.5 Å². The van der Waals surface area contributed by atoms with Crippen molar-refractivity contribution in [2.75, 3.05) is 52.9 Å². The van der Waals surface area contributed by atoms with Crippen LogP contribution in [0.15, 0.2) is 60.7 Å². The van der Waals surface area contributed by atoms with Crippen molar-refractivity contribution in [1.82, 2.24) is 15.1 Å². The van der Waals surface area contributed by atoms with E-state index in [2.05, 4.69) is 46.6 Å². The van der Waals surface area contributed by atoms with Gasteiger partial charge in [-0.15, -0.1) is 24.8 Å². The normalized spacial score (nSPS) is 17.1. The van der Waals surface area contributed by atoms with Gasteiger partial charge in [0.15, 0.2) is 0 Å². The number of carbonyl (C=O) groups is 1. The Morgan fingerprint density at radius 1 is 0.950 bits per heavy atom. The van der Waals surface area contributed by atoms with Crippen LogP contribution in [0.1, 0.15) is 42.7 Å². The molecule has 0 bridgehead atoms. The fourth-order valence-corrected chi connectivity index (χ4v) is 6.25. The maximum atomic E-state index is 13.8. The van der Waals surface area contributed by atoms with Crippen LogP contribution in [-0.4, -0.2) is 68.6 Å². The minimum absolute atomic E-state index is 0. The number of piperazine rings is 1. The number of aryl methyl sites for hydroxylation is 1. The van der Waals surface area contributed by atoms with E-state index in [1.807, 2.05) is 4.90 Å². The molecule has 1 N–H and O–H groups in total. The minimum Gasteiger partial charge on any atom is -0.496 e. The van der Waals surface area contributed by atoms with Gasteiger partial charge in [0.05, 0.1) is 13.0 Å². The Balaban J connectivity index is 0.00000220. The van der Waals surface area contributed by atoms with E-state index in [4.69, 9.17) is 4.74 Å². The Kier molecular flexibility index (Phi) is 12.5. The number of methoxy groups -OCH3 is 1. The number of nitrogens with zero attached hydrogens (tertiary/aromatic N) is 2. The summed E-state index contributed by atoms with van der Waals surface area (Å²) >= 11 is 0. The fourth-order valence-electron chi connectivity index (χ4n) is 6.25. The lowest BCUT2D eigenvalue weighted by Gasteiger charge is -2.39. The third kappa shape index (κ3) is 7.67. The summed E-state index contributed by atoms with van der Waals surface area (Å²) in [6, 6.07) is 19.3. The summed E-state index contributed by atoms with van der Waals surface area (Å²) in [5, 5.41) is 5.94. The van der Waals surface area contributed by atoms with Gasteiger partial charge in [-0.2, -0.15) is 0 Å². The number of halogens is 3. The molecule has 3 aromatic carbocycles. The van der Waals surface area contributed by atoms with Crippen molar-refractivity contribution in [3.63, 3.8) is 0 Å². The molecule has 1 amide bonds. The molecule has 2 aliphatic rings. The molecule has 0 radical (unpaired) electrons. The first-order chi connectivity index (χ1) is 18.6. The summed E-state index contributed by atoms with van der Waals surface area (Å²) in [6.07, 6.45) is 5.18. The topological polar surface area (TPSA) is 44.8 Å². The van der Waals surface area contributed by atoms with Crippen molar-refractivity contribution in [3.8, 4) is 5.75 Å². The van der Waals surface area contributed by atoms with Crippen LogP contribution < -0.4 is 10.1 Å². The van der Waals surface area contributed by atoms with Gasteiger partial charge in [-0.3, -0.25) is 9.69 Å².